The SMILES string of the molecule is Cc1ccc(Oc2ccc(NC(=O)C[NH+](C)CC(=O)NC(C)(C)C)cc2)cc1. The van der Waals surface area contributed by atoms with Gasteiger partial charge in [0.05, 0.1) is 7.05 Å². The predicted molar refractivity (Wildman–Crippen MR) is 111 cm³/mol. The highest BCUT2D eigenvalue weighted by Gasteiger charge is 2.18. The molecule has 6 nitrogen and oxygen atoms in total. The Balaban J connectivity index is 1.81. The van der Waals surface area contributed by atoms with Gasteiger partial charge in [-0.2, -0.15) is 0 Å². The van der Waals surface area contributed by atoms with Gasteiger partial charge in [-0.25, -0.2) is 0 Å². The molecule has 0 aromatic heterocycles. The van der Waals surface area contributed by atoms with Crippen LogP contribution in [0.5, 0.6) is 11.5 Å². The van der Waals surface area contributed by atoms with Crippen LogP contribution in [0.3, 0.4) is 0 Å². The minimum atomic E-state index is -0.276. The highest BCUT2D eigenvalue weighted by Crippen LogP contribution is 2.23. The molecular formula is C22H30N3O3+. The summed E-state index contributed by atoms with van der Waals surface area (Å²) >= 11 is 0. The molecular weight excluding hydrogens is 354 g/mol. The highest BCUT2D eigenvalue weighted by molar-refractivity contribution is 5.91. The molecule has 6 heteroatoms. The molecule has 150 valence electrons. The van der Waals surface area contributed by atoms with E-state index >= 15 is 0 Å². The third-order valence-corrected chi connectivity index (χ3v) is 3.83. The second kappa shape index (κ2) is 9.37. The summed E-state index contributed by atoms with van der Waals surface area (Å²) in [4.78, 5) is 25.0. The van der Waals surface area contributed by atoms with Gasteiger partial charge in [-0.15, -0.1) is 0 Å². The first kappa shape index (κ1) is 21.4. The van der Waals surface area contributed by atoms with Gasteiger partial charge >= 0.3 is 0 Å². The van der Waals surface area contributed by atoms with Gasteiger partial charge in [-0.05, 0) is 64.1 Å². The average molecular weight is 385 g/mol. The molecule has 0 saturated carbocycles. The summed E-state index contributed by atoms with van der Waals surface area (Å²) in [5.41, 5.74) is 1.59. The Hall–Kier alpha value is -2.86. The Kier molecular flexibility index (Phi) is 7.18. The number of quaternary nitrogens is 1. The van der Waals surface area contributed by atoms with Crippen molar-refractivity contribution in [1.29, 1.82) is 0 Å². The van der Waals surface area contributed by atoms with Crippen LogP contribution in [-0.2, 0) is 9.59 Å². The number of likely N-dealkylation sites (N-methyl/N-ethyl adjacent to an activating group) is 1. The van der Waals surface area contributed by atoms with E-state index in [0.717, 1.165) is 10.6 Å². The quantitative estimate of drug-likeness (QED) is 0.685. The molecule has 1 unspecified atom stereocenters. The Morgan fingerprint density at radius 1 is 0.893 bits per heavy atom. The smallest absolute Gasteiger partial charge is 0.279 e. The molecule has 0 heterocycles. The van der Waals surface area contributed by atoms with E-state index < -0.39 is 0 Å². The van der Waals surface area contributed by atoms with Crippen molar-refractivity contribution in [1.82, 2.24) is 5.32 Å². The van der Waals surface area contributed by atoms with E-state index in [1.807, 2.05) is 71.1 Å². The molecule has 2 aromatic rings. The van der Waals surface area contributed by atoms with Crippen LogP contribution in [0.1, 0.15) is 26.3 Å². The van der Waals surface area contributed by atoms with Gasteiger partial charge < -0.3 is 20.3 Å². The zero-order chi connectivity index (χ0) is 20.7. The number of carbonyl (C=O) groups is 2. The lowest BCUT2D eigenvalue weighted by Gasteiger charge is -2.21. The largest absolute Gasteiger partial charge is 0.457 e. The number of rotatable bonds is 7. The van der Waals surface area contributed by atoms with E-state index in [9.17, 15) is 9.59 Å². The monoisotopic (exact) mass is 384 g/mol. The summed E-state index contributed by atoms with van der Waals surface area (Å²) < 4.78 is 5.78. The summed E-state index contributed by atoms with van der Waals surface area (Å²) in [5, 5.41) is 5.74. The molecule has 2 amide bonds. The molecule has 0 aliphatic carbocycles. The molecule has 28 heavy (non-hydrogen) atoms. The van der Waals surface area contributed by atoms with Crippen LogP contribution in [0.2, 0.25) is 0 Å². The average Bonchev–Trinajstić information content (AvgIpc) is 2.56. The van der Waals surface area contributed by atoms with Crippen LogP contribution in [0.4, 0.5) is 5.69 Å². The number of benzene rings is 2. The van der Waals surface area contributed by atoms with Gasteiger partial charge in [0.1, 0.15) is 11.5 Å². The van der Waals surface area contributed by atoms with E-state index in [4.69, 9.17) is 4.74 Å². The summed E-state index contributed by atoms with van der Waals surface area (Å²) in [6, 6.07) is 15.0. The van der Waals surface area contributed by atoms with Crippen LogP contribution >= 0.6 is 0 Å². The first-order chi connectivity index (χ1) is 13.1. The summed E-state index contributed by atoms with van der Waals surface area (Å²) in [7, 11) is 1.82. The van der Waals surface area contributed by atoms with Gasteiger partial charge in [0.25, 0.3) is 11.8 Å². The van der Waals surface area contributed by atoms with E-state index in [1.165, 1.54) is 5.56 Å². The fourth-order valence-electron chi connectivity index (χ4n) is 2.63. The molecule has 2 rings (SSSR count). The first-order valence-electron chi connectivity index (χ1n) is 9.37. The number of hydrogen-bond acceptors (Lipinski definition) is 3. The Morgan fingerprint density at radius 3 is 1.93 bits per heavy atom. The van der Waals surface area contributed by atoms with Crippen LogP contribution in [0.15, 0.2) is 48.5 Å². The number of carbonyl (C=O) groups excluding carboxylic acids is 2. The molecule has 0 aliphatic rings. The van der Waals surface area contributed by atoms with Crippen molar-refractivity contribution in [2.45, 2.75) is 33.2 Å². The molecule has 0 radical (unpaired) electrons. The summed E-state index contributed by atoms with van der Waals surface area (Å²) in [6.45, 7) is 8.27. The van der Waals surface area contributed by atoms with E-state index in [2.05, 4.69) is 10.6 Å². The van der Waals surface area contributed by atoms with Gasteiger partial charge in [-0.1, -0.05) is 17.7 Å². The van der Waals surface area contributed by atoms with Crippen LogP contribution in [0, 0.1) is 6.92 Å². The lowest BCUT2D eigenvalue weighted by atomic mass is 10.1. The van der Waals surface area contributed by atoms with Crippen molar-refractivity contribution >= 4 is 17.5 Å². The van der Waals surface area contributed by atoms with Gasteiger partial charge in [0.2, 0.25) is 0 Å². The summed E-state index contributed by atoms with van der Waals surface area (Å²) in [5.74, 6) is 1.24. The Morgan fingerprint density at radius 2 is 1.39 bits per heavy atom. The molecule has 0 fully saturated rings. The van der Waals surface area contributed by atoms with Gasteiger partial charge in [-0.3, -0.25) is 9.59 Å². The summed E-state index contributed by atoms with van der Waals surface area (Å²) in [6.07, 6.45) is 0. The van der Waals surface area contributed by atoms with Crippen molar-refractivity contribution in [2.75, 3.05) is 25.5 Å². The van der Waals surface area contributed by atoms with Crippen molar-refractivity contribution in [3.05, 3.63) is 54.1 Å². The topological polar surface area (TPSA) is 71.9 Å². The number of nitrogens with one attached hydrogen (secondary N) is 3. The maximum atomic E-state index is 12.2. The van der Waals surface area contributed by atoms with Crippen molar-refractivity contribution < 1.29 is 19.2 Å². The first-order valence-corrected chi connectivity index (χ1v) is 9.37. The van der Waals surface area contributed by atoms with Crippen molar-refractivity contribution in [2.24, 2.45) is 0 Å². The molecule has 0 aliphatic heterocycles. The van der Waals surface area contributed by atoms with Gasteiger partial charge in [0.15, 0.2) is 13.1 Å². The third-order valence-electron chi connectivity index (χ3n) is 3.83. The second-order valence-corrected chi connectivity index (χ2v) is 8.10. The number of hydrogen-bond donors (Lipinski definition) is 3. The van der Waals surface area contributed by atoms with Gasteiger partial charge in [0, 0.05) is 11.2 Å². The van der Waals surface area contributed by atoms with Crippen LogP contribution in [0.25, 0.3) is 0 Å². The molecule has 0 bridgehead atoms. The van der Waals surface area contributed by atoms with Crippen LogP contribution in [-0.4, -0.2) is 37.5 Å². The minimum absolute atomic E-state index is 0.0737. The maximum Gasteiger partial charge on any atom is 0.279 e. The molecule has 0 saturated heterocycles. The minimum Gasteiger partial charge on any atom is -0.457 e. The normalized spacial score (nSPS) is 12.2. The molecule has 0 spiro atoms. The highest BCUT2D eigenvalue weighted by atomic mass is 16.5. The van der Waals surface area contributed by atoms with E-state index in [1.54, 1.807) is 12.1 Å². The number of amides is 2. The zero-order valence-corrected chi connectivity index (χ0v) is 17.3. The fourth-order valence-corrected chi connectivity index (χ4v) is 2.63. The maximum absolute atomic E-state index is 12.2. The Bertz CT molecular complexity index is 793. The molecule has 3 N–H and O–H groups in total. The van der Waals surface area contributed by atoms with Crippen LogP contribution < -0.4 is 20.3 Å². The zero-order valence-electron chi connectivity index (χ0n) is 17.3. The number of ether oxygens (including phenoxy) is 1. The lowest BCUT2D eigenvalue weighted by Crippen LogP contribution is -3.11. The number of anilines is 1. The Labute approximate surface area is 166 Å². The third kappa shape index (κ3) is 7.80. The lowest BCUT2D eigenvalue weighted by molar-refractivity contribution is -0.862. The van der Waals surface area contributed by atoms with Crippen molar-refractivity contribution in [3.63, 3.8) is 0 Å². The van der Waals surface area contributed by atoms with E-state index in [-0.39, 0.29) is 30.4 Å². The molecule has 1 atom stereocenters. The van der Waals surface area contributed by atoms with Crippen molar-refractivity contribution in [3.8, 4) is 11.5 Å². The fraction of sp³-hybridized carbons (Fsp3) is 0.364. The second-order valence-electron chi connectivity index (χ2n) is 8.10. The van der Waals surface area contributed by atoms with E-state index in [0.29, 0.717) is 11.4 Å². The predicted octanol–water partition coefficient (Wildman–Crippen LogP) is 2.16. The number of aryl methyl sites for hydroxylation is 1. The standard InChI is InChI=1S/C22H29N3O3/c1-16-6-10-18(11-7-16)28-19-12-8-17(9-13-19)23-20(26)14-25(5)15-21(27)24-22(2,3)4/h6-13H,14-15H2,1-5H3,(H,23,26)(H,24,27)/p+1. The molecule has 2 aromatic carbocycles.